The van der Waals surface area contributed by atoms with E-state index in [2.05, 4.69) is 0 Å². The van der Waals surface area contributed by atoms with Crippen molar-refractivity contribution in [1.29, 1.82) is 0 Å². The van der Waals surface area contributed by atoms with Crippen LogP contribution >= 0.6 is 0 Å². The van der Waals surface area contributed by atoms with E-state index in [0.29, 0.717) is 24.4 Å². The first-order valence-corrected chi connectivity index (χ1v) is 6.42. The zero-order valence-corrected chi connectivity index (χ0v) is 11.6. The Morgan fingerprint density at radius 2 is 2.20 bits per heavy atom. The van der Waals surface area contributed by atoms with Gasteiger partial charge >= 0.3 is 5.97 Å². The maximum Gasteiger partial charge on any atom is 0.340 e. The van der Waals surface area contributed by atoms with Gasteiger partial charge in [0.05, 0.1) is 25.0 Å². The minimum absolute atomic E-state index is 0.324. The summed E-state index contributed by atoms with van der Waals surface area (Å²) in [5, 5.41) is 0. The molecule has 0 aliphatic heterocycles. The molecule has 5 nitrogen and oxygen atoms in total. The molecule has 2 N–H and O–H groups in total. The van der Waals surface area contributed by atoms with E-state index < -0.39 is 5.97 Å². The molecule has 0 fully saturated rings. The number of nitrogens with two attached hydrogens (primary N) is 1. The lowest BCUT2D eigenvalue weighted by molar-refractivity contribution is 0.0527. The van der Waals surface area contributed by atoms with E-state index in [9.17, 15) is 4.79 Å². The van der Waals surface area contributed by atoms with Crippen molar-refractivity contribution in [1.82, 2.24) is 0 Å². The minimum atomic E-state index is -0.404. The van der Waals surface area contributed by atoms with E-state index in [1.165, 1.54) is 0 Å². The summed E-state index contributed by atoms with van der Waals surface area (Å²) >= 11 is 0. The number of furan rings is 1. The third-order valence-electron chi connectivity index (χ3n) is 2.95. The van der Waals surface area contributed by atoms with Crippen LogP contribution in [0, 0.1) is 0 Å². The highest BCUT2D eigenvalue weighted by Crippen LogP contribution is 2.22. The number of hydrogen-bond acceptors (Lipinski definition) is 5. The third kappa shape index (κ3) is 3.12. The van der Waals surface area contributed by atoms with Crippen LogP contribution in [0.5, 0.6) is 0 Å². The highest BCUT2D eigenvalue weighted by molar-refractivity contribution is 5.96. The average Bonchev–Trinajstić information content (AvgIpc) is 2.92. The summed E-state index contributed by atoms with van der Waals surface area (Å²) in [6, 6.07) is 9.05. The molecule has 0 saturated carbocycles. The summed E-state index contributed by atoms with van der Waals surface area (Å²) in [6.45, 7) is 2.70. The van der Waals surface area contributed by atoms with Crippen molar-refractivity contribution in [2.24, 2.45) is 0 Å². The van der Waals surface area contributed by atoms with Crippen molar-refractivity contribution in [2.45, 2.75) is 13.5 Å². The first-order valence-electron chi connectivity index (χ1n) is 6.42. The number of esters is 1. The summed E-state index contributed by atoms with van der Waals surface area (Å²) in [6.07, 6.45) is 1.64. The van der Waals surface area contributed by atoms with Gasteiger partial charge in [-0.05, 0) is 37.3 Å². The lowest BCUT2D eigenvalue weighted by atomic mass is 10.1. The molecule has 0 bridgehead atoms. The zero-order valence-electron chi connectivity index (χ0n) is 11.6. The van der Waals surface area contributed by atoms with E-state index in [1.807, 2.05) is 30.1 Å². The fraction of sp³-hybridized carbons (Fsp3) is 0.267. The summed E-state index contributed by atoms with van der Waals surface area (Å²) in [4.78, 5) is 13.8. The van der Waals surface area contributed by atoms with Gasteiger partial charge in [-0.3, -0.25) is 0 Å². The van der Waals surface area contributed by atoms with Crippen molar-refractivity contribution >= 4 is 17.3 Å². The third-order valence-corrected chi connectivity index (χ3v) is 2.95. The first-order chi connectivity index (χ1) is 9.61. The molecule has 1 heterocycles. The largest absolute Gasteiger partial charge is 0.467 e. The molecule has 0 atom stereocenters. The number of nitrogens with zero attached hydrogens (tertiary/aromatic N) is 1. The maximum absolute atomic E-state index is 11.8. The molecule has 0 amide bonds. The molecule has 1 aromatic heterocycles. The Bertz CT molecular complexity index is 579. The lowest BCUT2D eigenvalue weighted by Crippen LogP contribution is -2.17. The Morgan fingerprint density at radius 3 is 2.85 bits per heavy atom. The Kier molecular flexibility index (Phi) is 4.30. The highest BCUT2D eigenvalue weighted by Gasteiger charge is 2.13. The van der Waals surface area contributed by atoms with Crippen LogP contribution in [-0.2, 0) is 11.3 Å². The second kappa shape index (κ2) is 6.14. The number of ether oxygens (including phenoxy) is 1. The molecule has 0 saturated heterocycles. The molecular formula is C15H18N2O3. The molecule has 106 valence electrons. The smallest absolute Gasteiger partial charge is 0.340 e. The molecule has 5 heteroatoms. The first kappa shape index (κ1) is 14.0. The van der Waals surface area contributed by atoms with Gasteiger partial charge in [-0.15, -0.1) is 0 Å². The average molecular weight is 274 g/mol. The van der Waals surface area contributed by atoms with Crippen LogP contribution in [0.1, 0.15) is 23.0 Å². The van der Waals surface area contributed by atoms with Crippen LogP contribution in [0.3, 0.4) is 0 Å². The predicted octanol–water partition coefficient (Wildman–Crippen LogP) is 2.67. The van der Waals surface area contributed by atoms with Crippen molar-refractivity contribution in [3.05, 3.63) is 47.9 Å². The molecule has 2 rings (SSSR count). The fourth-order valence-electron chi connectivity index (χ4n) is 1.89. The molecule has 0 radical (unpaired) electrons. The van der Waals surface area contributed by atoms with E-state index in [0.717, 1.165) is 11.4 Å². The quantitative estimate of drug-likeness (QED) is 0.670. The fourth-order valence-corrected chi connectivity index (χ4v) is 1.89. The normalized spacial score (nSPS) is 10.3. The van der Waals surface area contributed by atoms with Crippen LogP contribution in [0.4, 0.5) is 11.4 Å². The zero-order chi connectivity index (χ0) is 14.5. The standard InChI is InChI=1S/C15H18N2O3/c1-3-19-15(18)13-9-11(6-7-14(13)16)17(2)10-12-5-4-8-20-12/h4-9H,3,10,16H2,1-2H3. The van der Waals surface area contributed by atoms with Gasteiger partial charge in [0, 0.05) is 18.4 Å². The molecule has 20 heavy (non-hydrogen) atoms. The number of carbonyl (C=O) groups excluding carboxylic acids is 1. The molecule has 0 spiro atoms. The SMILES string of the molecule is CCOC(=O)c1cc(N(C)Cc2ccco2)ccc1N. The second-order valence-corrected chi connectivity index (χ2v) is 4.43. The van der Waals surface area contributed by atoms with Gasteiger partial charge in [0.2, 0.25) is 0 Å². The molecule has 0 aliphatic rings. The van der Waals surface area contributed by atoms with Crippen molar-refractivity contribution < 1.29 is 13.9 Å². The Morgan fingerprint density at radius 1 is 1.40 bits per heavy atom. The van der Waals surface area contributed by atoms with Crippen LogP contribution < -0.4 is 10.6 Å². The Labute approximate surface area is 117 Å². The van der Waals surface area contributed by atoms with Gasteiger partial charge < -0.3 is 19.8 Å². The van der Waals surface area contributed by atoms with Crippen LogP contribution in [0.2, 0.25) is 0 Å². The number of carbonyl (C=O) groups is 1. The second-order valence-electron chi connectivity index (χ2n) is 4.43. The lowest BCUT2D eigenvalue weighted by Gasteiger charge is -2.19. The van der Waals surface area contributed by atoms with Gasteiger partial charge in [-0.2, -0.15) is 0 Å². The van der Waals surface area contributed by atoms with Gasteiger partial charge in [0.1, 0.15) is 5.76 Å². The number of nitrogen functional groups attached to an aromatic ring is 1. The predicted molar refractivity (Wildman–Crippen MR) is 77.6 cm³/mol. The number of benzene rings is 1. The Balaban J connectivity index is 2.20. The minimum Gasteiger partial charge on any atom is -0.467 e. The molecule has 0 unspecified atom stereocenters. The van der Waals surface area contributed by atoms with Gasteiger partial charge in [0.15, 0.2) is 0 Å². The number of hydrogen-bond donors (Lipinski definition) is 1. The topological polar surface area (TPSA) is 68.7 Å². The van der Waals surface area contributed by atoms with Gasteiger partial charge in [-0.1, -0.05) is 0 Å². The summed E-state index contributed by atoms with van der Waals surface area (Å²) in [5.74, 6) is 0.445. The van der Waals surface area contributed by atoms with Crippen molar-refractivity contribution in [3.63, 3.8) is 0 Å². The van der Waals surface area contributed by atoms with Crippen molar-refractivity contribution in [3.8, 4) is 0 Å². The molecule has 2 aromatic rings. The van der Waals surface area contributed by atoms with Gasteiger partial charge in [0.25, 0.3) is 0 Å². The summed E-state index contributed by atoms with van der Waals surface area (Å²) < 4.78 is 10.3. The van der Waals surface area contributed by atoms with E-state index in [4.69, 9.17) is 14.9 Å². The van der Waals surface area contributed by atoms with E-state index in [1.54, 1.807) is 25.3 Å². The van der Waals surface area contributed by atoms with E-state index in [-0.39, 0.29) is 0 Å². The number of rotatable bonds is 5. The van der Waals surface area contributed by atoms with Crippen LogP contribution in [0.15, 0.2) is 41.0 Å². The van der Waals surface area contributed by atoms with Crippen LogP contribution in [-0.4, -0.2) is 19.6 Å². The highest BCUT2D eigenvalue weighted by atomic mass is 16.5. The Hall–Kier alpha value is -2.43. The molecule has 1 aromatic carbocycles. The van der Waals surface area contributed by atoms with Crippen molar-refractivity contribution in [2.75, 3.05) is 24.3 Å². The molecular weight excluding hydrogens is 256 g/mol. The summed E-state index contributed by atoms with van der Waals surface area (Å²) in [7, 11) is 1.92. The van der Waals surface area contributed by atoms with E-state index >= 15 is 0 Å². The molecule has 0 aliphatic carbocycles. The maximum atomic E-state index is 11.8. The van der Waals surface area contributed by atoms with Gasteiger partial charge in [-0.25, -0.2) is 4.79 Å². The summed E-state index contributed by atoms with van der Waals surface area (Å²) in [5.41, 5.74) is 7.49. The monoisotopic (exact) mass is 274 g/mol. The van der Waals surface area contributed by atoms with Crippen LogP contribution in [0.25, 0.3) is 0 Å². The number of anilines is 2.